The number of allylic oxidation sites excluding steroid dienone is 1. The summed E-state index contributed by atoms with van der Waals surface area (Å²) >= 11 is 1.65. The van der Waals surface area contributed by atoms with Gasteiger partial charge >= 0.3 is 0 Å². The molecule has 0 radical (unpaired) electrons. The van der Waals surface area contributed by atoms with Gasteiger partial charge in [-0.15, -0.1) is 6.58 Å². The summed E-state index contributed by atoms with van der Waals surface area (Å²) in [6, 6.07) is 4.40. The van der Waals surface area contributed by atoms with E-state index >= 15 is 0 Å². The molecule has 2 aromatic rings. The molecule has 2 aliphatic carbocycles. The van der Waals surface area contributed by atoms with E-state index in [-0.39, 0.29) is 11.0 Å². The van der Waals surface area contributed by atoms with Gasteiger partial charge in [-0.1, -0.05) is 49.7 Å². The SMILES string of the molecule is C=CCn1c(SCC)nc2c(c1=O)C1(CCCC1)Cc1c(C)ccc(C)c1-2. The van der Waals surface area contributed by atoms with Crippen LogP contribution in [-0.2, 0) is 18.4 Å². The first-order chi connectivity index (χ1) is 13.0. The van der Waals surface area contributed by atoms with Crippen molar-refractivity contribution in [2.75, 3.05) is 5.75 Å². The van der Waals surface area contributed by atoms with E-state index in [4.69, 9.17) is 4.98 Å². The summed E-state index contributed by atoms with van der Waals surface area (Å²) in [4.78, 5) is 18.9. The van der Waals surface area contributed by atoms with Crippen LogP contribution in [0.2, 0.25) is 0 Å². The highest BCUT2D eigenvalue weighted by Crippen LogP contribution is 2.51. The van der Waals surface area contributed by atoms with Crippen molar-refractivity contribution in [3.8, 4) is 11.3 Å². The third kappa shape index (κ3) is 2.80. The van der Waals surface area contributed by atoms with Crippen molar-refractivity contribution in [2.24, 2.45) is 0 Å². The quantitative estimate of drug-likeness (QED) is 0.416. The molecular weight excluding hydrogens is 352 g/mol. The first-order valence-electron chi connectivity index (χ1n) is 10.0. The highest BCUT2D eigenvalue weighted by atomic mass is 32.2. The van der Waals surface area contributed by atoms with E-state index in [1.54, 1.807) is 11.8 Å². The summed E-state index contributed by atoms with van der Waals surface area (Å²) < 4.78 is 1.84. The van der Waals surface area contributed by atoms with Crippen molar-refractivity contribution in [2.45, 2.75) is 70.0 Å². The largest absolute Gasteiger partial charge is 0.283 e. The zero-order valence-electron chi connectivity index (χ0n) is 16.6. The number of thioether (sulfide) groups is 1. The summed E-state index contributed by atoms with van der Waals surface area (Å²) in [5.74, 6) is 0.896. The molecule has 0 N–H and O–H groups in total. The van der Waals surface area contributed by atoms with Crippen LogP contribution in [0.15, 0.2) is 34.7 Å². The molecule has 1 heterocycles. The average Bonchev–Trinajstić information content (AvgIpc) is 3.10. The first kappa shape index (κ1) is 18.5. The molecule has 0 bridgehead atoms. The highest BCUT2D eigenvalue weighted by molar-refractivity contribution is 7.99. The van der Waals surface area contributed by atoms with Crippen LogP contribution in [0.3, 0.4) is 0 Å². The van der Waals surface area contributed by atoms with Crippen LogP contribution in [0.4, 0.5) is 0 Å². The number of rotatable bonds is 4. The third-order valence-corrected chi connectivity index (χ3v) is 7.18. The lowest BCUT2D eigenvalue weighted by molar-refractivity contribution is 0.417. The normalized spacial score (nSPS) is 17.0. The molecule has 1 aromatic heterocycles. The molecule has 3 nitrogen and oxygen atoms in total. The summed E-state index contributed by atoms with van der Waals surface area (Å²) in [6.07, 6.45) is 7.38. The second kappa shape index (κ2) is 6.97. The van der Waals surface area contributed by atoms with Gasteiger partial charge in [0.15, 0.2) is 5.16 Å². The van der Waals surface area contributed by atoms with Gasteiger partial charge in [0.1, 0.15) is 0 Å². The van der Waals surface area contributed by atoms with E-state index in [0.29, 0.717) is 6.54 Å². The molecule has 0 unspecified atom stereocenters. The molecule has 1 fully saturated rings. The number of aromatic nitrogens is 2. The fraction of sp³-hybridized carbons (Fsp3) is 0.478. The van der Waals surface area contributed by atoms with E-state index in [1.165, 1.54) is 35.1 Å². The van der Waals surface area contributed by atoms with Crippen molar-refractivity contribution in [3.63, 3.8) is 0 Å². The number of hydrogen-bond donors (Lipinski definition) is 0. The number of nitrogens with zero attached hydrogens (tertiary/aromatic N) is 2. The van der Waals surface area contributed by atoms with Gasteiger partial charge in [-0.25, -0.2) is 4.98 Å². The van der Waals surface area contributed by atoms with E-state index in [1.807, 2.05) is 10.6 Å². The second-order valence-electron chi connectivity index (χ2n) is 7.97. The predicted molar refractivity (Wildman–Crippen MR) is 114 cm³/mol. The van der Waals surface area contributed by atoms with Crippen LogP contribution < -0.4 is 5.56 Å². The molecule has 1 aromatic carbocycles. The minimum absolute atomic E-state index is 0.0384. The maximum absolute atomic E-state index is 13.7. The lowest BCUT2D eigenvalue weighted by Crippen LogP contribution is -2.40. The fourth-order valence-electron chi connectivity index (χ4n) is 5.06. The molecular formula is C23H28N2OS. The van der Waals surface area contributed by atoms with Gasteiger partial charge in [-0.3, -0.25) is 9.36 Å². The van der Waals surface area contributed by atoms with Crippen molar-refractivity contribution in [1.82, 2.24) is 9.55 Å². The summed E-state index contributed by atoms with van der Waals surface area (Å²) in [6.45, 7) is 10.8. The topological polar surface area (TPSA) is 34.9 Å². The van der Waals surface area contributed by atoms with Crippen LogP contribution >= 0.6 is 11.8 Å². The predicted octanol–water partition coefficient (Wildman–Crippen LogP) is 5.19. The Kier molecular flexibility index (Phi) is 4.79. The molecule has 0 saturated heterocycles. The molecule has 1 saturated carbocycles. The lowest BCUT2D eigenvalue weighted by Gasteiger charge is -2.37. The Hall–Kier alpha value is -1.81. The van der Waals surface area contributed by atoms with Gasteiger partial charge in [0.2, 0.25) is 0 Å². The maximum Gasteiger partial charge on any atom is 0.258 e. The second-order valence-corrected chi connectivity index (χ2v) is 9.20. The van der Waals surface area contributed by atoms with Gasteiger partial charge in [0.05, 0.1) is 11.3 Å². The van der Waals surface area contributed by atoms with Crippen molar-refractivity contribution in [3.05, 3.63) is 57.4 Å². The minimum Gasteiger partial charge on any atom is -0.283 e. The Morgan fingerprint density at radius 2 is 1.96 bits per heavy atom. The molecule has 4 heteroatoms. The lowest BCUT2D eigenvalue weighted by atomic mass is 9.67. The summed E-state index contributed by atoms with van der Waals surface area (Å²) in [5, 5.41) is 0.822. The molecule has 4 rings (SSSR count). The van der Waals surface area contributed by atoms with E-state index < -0.39 is 0 Å². The summed E-state index contributed by atoms with van der Waals surface area (Å²) in [5.41, 5.74) is 7.23. The zero-order chi connectivity index (χ0) is 19.2. The van der Waals surface area contributed by atoms with E-state index in [2.05, 4.69) is 39.5 Å². The average molecular weight is 381 g/mol. The monoisotopic (exact) mass is 380 g/mol. The van der Waals surface area contributed by atoms with E-state index in [0.717, 1.165) is 41.4 Å². The molecule has 2 aliphatic rings. The van der Waals surface area contributed by atoms with Crippen molar-refractivity contribution >= 4 is 11.8 Å². The number of aryl methyl sites for hydroxylation is 2. The number of hydrogen-bond acceptors (Lipinski definition) is 3. The molecule has 0 amide bonds. The van der Waals surface area contributed by atoms with Gasteiger partial charge in [0.25, 0.3) is 5.56 Å². The Balaban J connectivity index is 2.10. The Morgan fingerprint density at radius 3 is 2.63 bits per heavy atom. The third-order valence-electron chi connectivity index (χ3n) is 6.32. The van der Waals surface area contributed by atoms with Crippen molar-refractivity contribution in [1.29, 1.82) is 0 Å². The Labute approximate surface area is 165 Å². The zero-order valence-corrected chi connectivity index (χ0v) is 17.4. The van der Waals surface area contributed by atoms with Gasteiger partial charge < -0.3 is 0 Å². The highest BCUT2D eigenvalue weighted by Gasteiger charge is 2.45. The van der Waals surface area contributed by atoms with Crippen LogP contribution in [-0.4, -0.2) is 15.3 Å². The molecule has 142 valence electrons. The van der Waals surface area contributed by atoms with Crippen LogP contribution in [0, 0.1) is 13.8 Å². The van der Waals surface area contributed by atoms with Crippen LogP contribution in [0.25, 0.3) is 11.3 Å². The van der Waals surface area contributed by atoms with Crippen LogP contribution in [0.1, 0.15) is 54.9 Å². The van der Waals surface area contributed by atoms with Crippen molar-refractivity contribution < 1.29 is 0 Å². The molecule has 0 atom stereocenters. The van der Waals surface area contributed by atoms with Crippen LogP contribution in [0.5, 0.6) is 0 Å². The Morgan fingerprint density at radius 1 is 1.26 bits per heavy atom. The van der Waals surface area contributed by atoms with E-state index in [9.17, 15) is 4.79 Å². The first-order valence-corrected chi connectivity index (χ1v) is 11.0. The number of benzene rings is 1. The molecule has 0 aliphatic heterocycles. The van der Waals surface area contributed by atoms with Gasteiger partial charge in [-0.05, 0) is 55.6 Å². The van der Waals surface area contributed by atoms with Gasteiger partial charge in [-0.2, -0.15) is 0 Å². The van der Waals surface area contributed by atoms with Gasteiger partial charge in [0, 0.05) is 17.5 Å². The summed E-state index contributed by atoms with van der Waals surface area (Å²) in [7, 11) is 0. The number of fused-ring (bicyclic) bond motifs is 4. The Bertz CT molecular complexity index is 967. The molecule has 1 spiro atoms. The smallest absolute Gasteiger partial charge is 0.258 e. The maximum atomic E-state index is 13.7. The minimum atomic E-state index is -0.0384. The fourth-order valence-corrected chi connectivity index (χ4v) is 5.78. The molecule has 27 heavy (non-hydrogen) atoms. The standard InChI is InChI=1S/C23H28N2OS/c1-5-13-25-21(26)19-20(24-22(25)27-6-2)18-16(4)10-9-15(3)17(18)14-23(19)11-7-8-12-23/h5,9-10H,1,6-8,11-14H2,2-4H3.